The number of nitrogens with zero attached hydrogens (tertiary/aromatic N) is 3. The largest absolute Gasteiger partial charge is 0.326 e. The van der Waals surface area contributed by atoms with Crippen LogP contribution in [0.3, 0.4) is 0 Å². The monoisotopic (exact) mass is 257 g/mol. The number of hydrogen-bond donors (Lipinski definition) is 2. The first kappa shape index (κ1) is 12.3. The third-order valence-electron chi connectivity index (χ3n) is 3.81. The van der Waals surface area contributed by atoms with Crippen LogP contribution in [0, 0.1) is 5.92 Å². The first-order valence-corrected chi connectivity index (χ1v) is 6.64. The lowest BCUT2D eigenvalue weighted by Gasteiger charge is -2.15. The maximum Gasteiger partial charge on any atom is 0.0710 e. The Morgan fingerprint density at radius 2 is 2.32 bits per heavy atom. The minimum Gasteiger partial charge on any atom is -0.326 e. The smallest absolute Gasteiger partial charge is 0.0710 e. The van der Waals surface area contributed by atoms with Crippen molar-refractivity contribution in [1.29, 1.82) is 0 Å². The van der Waals surface area contributed by atoms with Crippen LogP contribution in [0.2, 0.25) is 0 Å². The van der Waals surface area contributed by atoms with E-state index in [0.29, 0.717) is 5.92 Å². The molecule has 1 aliphatic heterocycles. The van der Waals surface area contributed by atoms with Crippen LogP contribution in [-0.4, -0.2) is 39.2 Å². The SMILES string of the molecule is CC1CN(Cc2cn[nH]c2-c2cccnc2)CC1N. The van der Waals surface area contributed by atoms with E-state index >= 15 is 0 Å². The topological polar surface area (TPSA) is 70.8 Å². The molecule has 0 aromatic carbocycles. The van der Waals surface area contributed by atoms with E-state index in [-0.39, 0.29) is 6.04 Å². The normalized spacial score (nSPS) is 23.9. The summed E-state index contributed by atoms with van der Waals surface area (Å²) in [4.78, 5) is 6.55. The molecule has 2 aromatic rings. The molecule has 0 bridgehead atoms. The van der Waals surface area contributed by atoms with Gasteiger partial charge in [-0.25, -0.2) is 0 Å². The molecule has 0 aliphatic carbocycles. The molecule has 0 radical (unpaired) electrons. The standard InChI is InChI=1S/C14H19N5/c1-10-7-19(9-13(10)15)8-12-6-17-18-14(12)11-3-2-4-16-5-11/h2-6,10,13H,7-9,15H2,1H3,(H,17,18). The molecule has 0 saturated carbocycles. The summed E-state index contributed by atoms with van der Waals surface area (Å²) in [6.45, 7) is 5.11. The van der Waals surface area contributed by atoms with Gasteiger partial charge in [0.1, 0.15) is 0 Å². The average molecular weight is 257 g/mol. The predicted molar refractivity (Wildman–Crippen MR) is 74.2 cm³/mol. The summed E-state index contributed by atoms with van der Waals surface area (Å²) in [6.07, 6.45) is 5.53. The van der Waals surface area contributed by atoms with Gasteiger partial charge in [0.2, 0.25) is 0 Å². The molecule has 3 rings (SSSR count). The molecule has 19 heavy (non-hydrogen) atoms. The molecule has 3 heterocycles. The second kappa shape index (κ2) is 5.11. The van der Waals surface area contributed by atoms with Crippen molar-refractivity contribution >= 4 is 0 Å². The van der Waals surface area contributed by atoms with E-state index < -0.39 is 0 Å². The Labute approximate surface area is 112 Å². The number of rotatable bonds is 3. The van der Waals surface area contributed by atoms with Gasteiger partial charge < -0.3 is 5.73 Å². The van der Waals surface area contributed by atoms with Gasteiger partial charge in [-0.15, -0.1) is 0 Å². The predicted octanol–water partition coefficient (Wildman–Crippen LogP) is 1.25. The van der Waals surface area contributed by atoms with E-state index in [2.05, 4.69) is 27.0 Å². The number of nitrogens with one attached hydrogen (secondary N) is 1. The molecular weight excluding hydrogens is 238 g/mol. The van der Waals surface area contributed by atoms with Crippen molar-refractivity contribution < 1.29 is 0 Å². The van der Waals surface area contributed by atoms with Crippen LogP contribution in [0.4, 0.5) is 0 Å². The molecule has 5 heteroatoms. The van der Waals surface area contributed by atoms with Gasteiger partial charge in [-0.3, -0.25) is 15.0 Å². The van der Waals surface area contributed by atoms with Gasteiger partial charge in [-0.1, -0.05) is 6.92 Å². The second-order valence-corrected chi connectivity index (χ2v) is 5.35. The fraction of sp³-hybridized carbons (Fsp3) is 0.429. The second-order valence-electron chi connectivity index (χ2n) is 5.35. The van der Waals surface area contributed by atoms with E-state index in [1.54, 1.807) is 6.20 Å². The fourth-order valence-corrected chi connectivity index (χ4v) is 2.66. The molecule has 1 aliphatic rings. The van der Waals surface area contributed by atoms with Gasteiger partial charge in [-0.2, -0.15) is 5.10 Å². The Balaban J connectivity index is 1.78. The van der Waals surface area contributed by atoms with Gasteiger partial charge >= 0.3 is 0 Å². The first-order chi connectivity index (χ1) is 9.24. The third kappa shape index (κ3) is 2.52. The van der Waals surface area contributed by atoms with Crippen molar-refractivity contribution in [2.75, 3.05) is 13.1 Å². The number of H-pyrrole nitrogens is 1. The Kier molecular flexibility index (Phi) is 3.31. The zero-order valence-electron chi connectivity index (χ0n) is 11.1. The Bertz CT molecular complexity index is 526. The summed E-state index contributed by atoms with van der Waals surface area (Å²) >= 11 is 0. The lowest BCUT2D eigenvalue weighted by atomic mass is 10.1. The summed E-state index contributed by atoms with van der Waals surface area (Å²) in [6, 6.07) is 4.27. The number of aromatic nitrogens is 3. The summed E-state index contributed by atoms with van der Waals surface area (Å²) < 4.78 is 0. The van der Waals surface area contributed by atoms with Crippen LogP contribution >= 0.6 is 0 Å². The summed E-state index contributed by atoms with van der Waals surface area (Å²) in [5, 5.41) is 7.24. The van der Waals surface area contributed by atoms with Gasteiger partial charge in [0, 0.05) is 49.2 Å². The Hall–Kier alpha value is -1.72. The minimum atomic E-state index is 0.286. The van der Waals surface area contributed by atoms with Crippen molar-refractivity contribution in [1.82, 2.24) is 20.1 Å². The van der Waals surface area contributed by atoms with Gasteiger partial charge in [0.05, 0.1) is 11.9 Å². The van der Waals surface area contributed by atoms with Crippen molar-refractivity contribution in [3.8, 4) is 11.3 Å². The number of pyridine rings is 1. The van der Waals surface area contributed by atoms with Crippen LogP contribution in [0.25, 0.3) is 11.3 Å². The third-order valence-corrected chi connectivity index (χ3v) is 3.81. The lowest BCUT2D eigenvalue weighted by Crippen LogP contribution is -2.28. The molecule has 0 amide bonds. The van der Waals surface area contributed by atoms with Crippen molar-refractivity contribution in [2.24, 2.45) is 11.7 Å². The molecule has 2 unspecified atom stereocenters. The average Bonchev–Trinajstić information content (AvgIpc) is 2.99. The lowest BCUT2D eigenvalue weighted by molar-refractivity contribution is 0.319. The summed E-state index contributed by atoms with van der Waals surface area (Å²) in [5.74, 6) is 0.564. The maximum absolute atomic E-state index is 6.07. The van der Waals surface area contributed by atoms with E-state index in [9.17, 15) is 0 Å². The highest BCUT2D eigenvalue weighted by Gasteiger charge is 2.27. The van der Waals surface area contributed by atoms with E-state index in [1.807, 2.05) is 24.5 Å². The number of nitrogens with two attached hydrogens (primary N) is 1. The first-order valence-electron chi connectivity index (χ1n) is 6.64. The van der Waals surface area contributed by atoms with Crippen molar-refractivity contribution in [2.45, 2.75) is 19.5 Å². The van der Waals surface area contributed by atoms with Crippen LogP contribution in [0.1, 0.15) is 12.5 Å². The highest BCUT2D eigenvalue weighted by Crippen LogP contribution is 2.23. The number of hydrogen-bond acceptors (Lipinski definition) is 4. The van der Waals surface area contributed by atoms with Crippen LogP contribution < -0.4 is 5.73 Å². The van der Waals surface area contributed by atoms with Gasteiger partial charge in [0.25, 0.3) is 0 Å². The molecule has 0 spiro atoms. The van der Waals surface area contributed by atoms with Crippen molar-refractivity contribution in [3.05, 3.63) is 36.3 Å². The van der Waals surface area contributed by atoms with Gasteiger partial charge in [0.15, 0.2) is 0 Å². The van der Waals surface area contributed by atoms with Crippen LogP contribution in [0.15, 0.2) is 30.7 Å². The molecule has 1 fully saturated rings. The van der Waals surface area contributed by atoms with Gasteiger partial charge in [-0.05, 0) is 18.1 Å². The van der Waals surface area contributed by atoms with Crippen LogP contribution in [0.5, 0.6) is 0 Å². The zero-order valence-corrected chi connectivity index (χ0v) is 11.1. The Morgan fingerprint density at radius 3 is 3.00 bits per heavy atom. The van der Waals surface area contributed by atoms with E-state index in [4.69, 9.17) is 5.73 Å². The molecule has 2 aromatic heterocycles. The van der Waals surface area contributed by atoms with Crippen LogP contribution in [-0.2, 0) is 6.54 Å². The fourth-order valence-electron chi connectivity index (χ4n) is 2.66. The molecule has 100 valence electrons. The minimum absolute atomic E-state index is 0.286. The highest BCUT2D eigenvalue weighted by atomic mass is 15.2. The molecule has 3 N–H and O–H groups in total. The van der Waals surface area contributed by atoms with E-state index in [1.165, 1.54) is 5.56 Å². The molecule has 5 nitrogen and oxygen atoms in total. The Morgan fingerprint density at radius 1 is 1.42 bits per heavy atom. The highest BCUT2D eigenvalue weighted by molar-refractivity contribution is 5.61. The number of likely N-dealkylation sites (tertiary alicyclic amines) is 1. The number of aromatic amines is 1. The molecule has 1 saturated heterocycles. The molecule has 2 atom stereocenters. The van der Waals surface area contributed by atoms with E-state index in [0.717, 1.165) is 30.9 Å². The maximum atomic E-state index is 6.07. The molecular formula is C14H19N5. The van der Waals surface area contributed by atoms with Crippen molar-refractivity contribution in [3.63, 3.8) is 0 Å². The zero-order chi connectivity index (χ0) is 13.2. The quantitative estimate of drug-likeness (QED) is 0.868. The summed E-state index contributed by atoms with van der Waals surface area (Å²) in [7, 11) is 0. The summed E-state index contributed by atoms with van der Waals surface area (Å²) in [5.41, 5.74) is 9.41.